The SMILES string of the molecule is COc1cccc(Cn2nc(C)c(NC(=O)c3ccc(C)c(C)c3)c2C)c1. The number of anilines is 1. The highest BCUT2D eigenvalue weighted by Gasteiger charge is 2.16. The Hall–Kier alpha value is -3.08. The van der Waals surface area contributed by atoms with E-state index in [2.05, 4.69) is 10.4 Å². The third-order valence-corrected chi connectivity index (χ3v) is 4.86. The highest BCUT2D eigenvalue weighted by atomic mass is 16.5. The predicted molar refractivity (Wildman–Crippen MR) is 108 cm³/mol. The molecule has 0 atom stereocenters. The highest BCUT2D eigenvalue weighted by Crippen LogP contribution is 2.22. The number of amides is 1. The first-order valence-corrected chi connectivity index (χ1v) is 8.94. The molecule has 0 spiro atoms. The molecule has 0 unspecified atom stereocenters. The zero-order valence-corrected chi connectivity index (χ0v) is 16.5. The van der Waals surface area contributed by atoms with Crippen molar-refractivity contribution < 1.29 is 9.53 Å². The van der Waals surface area contributed by atoms with Gasteiger partial charge in [0.15, 0.2) is 0 Å². The minimum atomic E-state index is -0.120. The van der Waals surface area contributed by atoms with Gasteiger partial charge in [0.05, 0.1) is 30.7 Å². The minimum Gasteiger partial charge on any atom is -0.497 e. The molecule has 0 radical (unpaired) electrons. The summed E-state index contributed by atoms with van der Waals surface area (Å²) in [6, 6.07) is 13.6. The molecule has 3 aromatic rings. The molecule has 0 saturated heterocycles. The van der Waals surface area contributed by atoms with E-state index >= 15 is 0 Å². The summed E-state index contributed by atoms with van der Waals surface area (Å²) in [4.78, 5) is 12.7. The number of methoxy groups -OCH3 is 1. The van der Waals surface area contributed by atoms with E-state index in [1.807, 2.05) is 74.8 Å². The van der Waals surface area contributed by atoms with Crippen molar-refractivity contribution in [1.29, 1.82) is 0 Å². The maximum atomic E-state index is 12.7. The second-order valence-electron chi connectivity index (χ2n) is 6.81. The molecule has 1 amide bonds. The summed E-state index contributed by atoms with van der Waals surface area (Å²) < 4.78 is 7.19. The van der Waals surface area contributed by atoms with Crippen molar-refractivity contribution in [3.05, 3.63) is 76.1 Å². The van der Waals surface area contributed by atoms with Gasteiger partial charge in [-0.05, 0) is 68.7 Å². The van der Waals surface area contributed by atoms with Gasteiger partial charge in [0.2, 0.25) is 0 Å². The quantitative estimate of drug-likeness (QED) is 0.730. The third kappa shape index (κ3) is 4.03. The van der Waals surface area contributed by atoms with Gasteiger partial charge < -0.3 is 10.1 Å². The summed E-state index contributed by atoms with van der Waals surface area (Å²) in [5.74, 6) is 0.697. The highest BCUT2D eigenvalue weighted by molar-refractivity contribution is 6.05. The molecule has 1 heterocycles. The molecule has 3 rings (SSSR count). The van der Waals surface area contributed by atoms with Crippen LogP contribution in [0.2, 0.25) is 0 Å². The van der Waals surface area contributed by atoms with E-state index < -0.39 is 0 Å². The van der Waals surface area contributed by atoms with Crippen molar-refractivity contribution in [2.75, 3.05) is 12.4 Å². The zero-order valence-electron chi connectivity index (χ0n) is 16.5. The average molecular weight is 363 g/mol. The van der Waals surface area contributed by atoms with Crippen LogP contribution >= 0.6 is 0 Å². The van der Waals surface area contributed by atoms with Gasteiger partial charge in [-0.3, -0.25) is 9.48 Å². The molecule has 1 aromatic heterocycles. The van der Waals surface area contributed by atoms with Crippen LogP contribution in [-0.2, 0) is 6.54 Å². The Morgan fingerprint density at radius 3 is 2.56 bits per heavy atom. The molecule has 0 aliphatic rings. The van der Waals surface area contributed by atoms with Crippen molar-refractivity contribution >= 4 is 11.6 Å². The smallest absolute Gasteiger partial charge is 0.255 e. The number of ether oxygens (including phenoxy) is 1. The molecule has 0 bridgehead atoms. The molecule has 0 saturated carbocycles. The molecule has 0 aliphatic carbocycles. The van der Waals surface area contributed by atoms with Crippen molar-refractivity contribution in [3.8, 4) is 5.75 Å². The van der Waals surface area contributed by atoms with Crippen molar-refractivity contribution in [1.82, 2.24) is 9.78 Å². The van der Waals surface area contributed by atoms with E-state index in [9.17, 15) is 4.79 Å². The largest absolute Gasteiger partial charge is 0.497 e. The average Bonchev–Trinajstić information content (AvgIpc) is 2.91. The van der Waals surface area contributed by atoms with Gasteiger partial charge in [-0.2, -0.15) is 5.10 Å². The predicted octanol–water partition coefficient (Wildman–Crippen LogP) is 4.43. The van der Waals surface area contributed by atoms with Crippen LogP contribution in [0.1, 0.15) is 38.4 Å². The van der Waals surface area contributed by atoms with Crippen LogP contribution in [0.3, 0.4) is 0 Å². The first-order valence-electron chi connectivity index (χ1n) is 8.94. The second kappa shape index (κ2) is 7.66. The van der Waals surface area contributed by atoms with Crippen molar-refractivity contribution in [3.63, 3.8) is 0 Å². The number of aryl methyl sites for hydroxylation is 3. The van der Waals surface area contributed by atoms with Crippen LogP contribution in [0.15, 0.2) is 42.5 Å². The molecular formula is C22H25N3O2. The van der Waals surface area contributed by atoms with E-state index in [0.29, 0.717) is 12.1 Å². The Morgan fingerprint density at radius 2 is 1.85 bits per heavy atom. The first kappa shape index (κ1) is 18.7. The maximum Gasteiger partial charge on any atom is 0.255 e. The fraction of sp³-hybridized carbons (Fsp3) is 0.273. The van der Waals surface area contributed by atoms with Crippen LogP contribution in [0.5, 0.6) is 5.75 Å². The summed E-state index contributed by atoms with van der Waals surface area (Å²) in [7, 11) is 1.66. The van der Waals surface area contributed by atoms with Crippen molar-refractivity contribution in [2.45, 2.75) is 34.2 Å². The Balaban J connectivity index is 1.82. The molecule has 5 heteroatoms. The number of benzene rings is 2. The molecule has 0 aliphatic heterocycles. The van der Waals surface area contributed by atoms with Crippen LogP contribution in [0, 0.1) is 27.7 Å². The van der Waals surface area contributed by atoms with E-state index in [1.165, 1.54) is 5.56 Å². The lowest BCUT2D eigenvalue weighted by Gasteiger charge is -2.09. The lowest BCUT2D eigenvalue weighted by atomic mass is 10.1. The van der Waals surface area contributed by atoms with Gasteiger partial charge in [-0.15, -0.1) is 0 Å². The van der Waals surface area contributed by atoms with Crippen LogP contribution in [0.4, 0.5) is 5.69 Å². The second-order valence-corrected chi connectivity index (χ2v) is 6.81. The molecule has 0 fully saturated rings. The summed E-state index contributed by atoms with van der Waals surface area (Å²) in [6.45, 7) is 8.54. The van der Waals surface area contributed by atoms with Gasteiger partial charge in [0, 0.05) is 5.56 Å². The van der Waals surface area contributed by atoms with Crippen LogP contribution < -0.4 is 10.1 Å². The fourth-order valence-electron chi connectivity index (χ4n) is 3.04. The van der Waals surface area contributed by atoms with E-state index in [-0.39, 0.29) is 5.91 Å². The number of carbonyl (C=O) groups excluding carboxylic acids is 1. The number of hydrogen-bond donors (Lipinski definition) is 1. The molecule has 27 heavy (non-hydrogen) atoms. The van der Waals surface area contributed by atoms with Gasteiger partial charge >= 0.3 is 0 Å². The summed E-state index contributed by atoms with van der Waals surface area (Å²) in [5.41, 5.74) is 6.50. The summed E-state index contributed by atoms with van der Waals surface area (Å²) in [6.07, 6.45) is 0. The maximum absolute atomic E-state index is 12.7. The minimum absolute atomic E-state index is 0.120. The van der Waals surface area contributed by atoms with Crippen molar-refractivity contribution in [2.24, 2.45) is 0 Å². The number of hydrogen-bond acceptors (Lipinski definition) is 3. The summed E-state index contributed by atoms with van der Waals surface area (Å²) >= 11 is 0. The van der Waals surface area contributed by atoms with E-state index in [0.717, 1.165) is 34.0 Å². The zero-order chi connectivity index (χ0) is 19.6. The lowest BCUT2D eigenvalue weighted by Crippen LogP contribution is -2.13. The molecular weight excluding hydrogens is 338 g/mol. The van der Waals surface area contributed by atoms with E-state index in [1.54, 1.807) is 7.11 Å². The number of nitrogens with zero attached hydrogens (tertiary/aromatic N) is 2. The fourth-order valence-corrected chi connectivity index (χ4v) is 3.04. The number of nitrogens with one attached hydrogen (secondary N) is 1. The Labute approximate surface area is 160 Å². The normalized spacial score (nSPS) is 10.7. The van der Waals surface area contributed by atoms with Gasteiger partial charge in [-0.25, -0.2) is 0 Å². The first-order chi connectivity index (χ1) is 12.9. The Kier molecular flexibility index (Phi) is 5.31. The van der Waals surface area contributed by atoms with Gasteiger partial charge in [0.25, 0.3) is 5.91 Å². The Bertz CT molecular complexity index is 989. The van der Waals surface area contributed by atoms with Gasteiger partial charge in [0.1, 0.15) is 5.75 Å². The third-order valence-electron chi connectivity index (χ3n) is 4.86. The van der Waals surface area contributed by atoms with E-state index in [4.69, 9.17) is 4.74 Å². The molecule has 2 aromatic carbocycles. The number of rotatable bonds is 5. The van der Waals surface area contributed by atoms with Crippen LogP contribution in [0.25, 0.3) is 0 Å². The standard InChI is InChI=1S/C22H25N3O2/c1-14-9-10-19(11-15(14)2)22(26)23-21-16(3)24-25(17(21)4)13-18-7-6-8-20(12-18)27-5/h6-12H,13H2,1-5H3,(H,23,26). The molecule has 5 nitrogen and oxygen atoms in total. The lowest BCUT2D eigenvalue weighted by molar-refractivity contribution is 0.102. The van der Waals surface area contributed by atoms with Gasteiger partial charge in [-0.1, -0.05) is 18.2 Å². The monoisotopic (exact) mass is 363 g/mol. The molecule has 140 valence electrons. The summed E-state index contributed by atoms with van der Waals surface area (Å²) in [5, 5.41) is 7.62. The topological polar surface area (TPSA) is 56.1 Å². The molecule has 1 N–H and O–H groups in total. The Morgan fingerprint density at radius 1 is 1.07 bits per heavy atom. The number of aromatic nitrogens is 2. The van der Waals surface area contributed by atoms with Crippen LogP contribution in [-0.4, -0.2) is 22.8 Å². The number of carbonyl (C=O) groups is 1.